The van der Waals surface area contributed by atoms with E-state index in [1.54, 1.807) is 0 Å². The van der Waals surface area contributed by atoms with Crippen LogP contribution < -0.4 is 16.0 Å². The van der Waals surface area contributed by atoms with E-state index in [-0.39, 0.29) is 18.3 Å². The van der Waals surface area contributed by atoms with E-state index in [4.69, 9.17) is 0 Å². The molecular formula is C19H23FN4O. The van der Waals surface area contributed by atoms with Gasteiger partial charge in [0.2, 0.25) is 5.91 Å². The fourth-order valence-corrected chi connectivity index (χ4v) is 2.22. The van der Waals surface area contributed by atoms with Crippen LogP contribution in [-0.4, -0.2) is 25.0 Å². The van der Waals surface area contributed by atoms with Crippen molar-refractivity contribution in [2.24, 2.45) is 4.99 Å². The zero-order valence-electron chi connectivity index (χ0n) is 14.5. The van der Waals surface area contributed by atoms with E-state index in [1.165, 1.54) is 29.8 Å². The van der Waals surface area contributed by atoms with Crippen LogP contribution in [0.3, 0.4) is 0 Å². The summed E-state index contributed by atoms with van der Waals surface area (Å²) in [7, 11) is 0. The summed E-state index contributed by atoms with van der Waals surface area (Å²) in [4.78, 5) is 16.5. The zero-order valence-corrected chi connectivity index (χ0v) is 14.5. The number of carbonyl (C=O) groups is 1. The SMILES string of the molecule is CCNC(=NCc1cccc(C)c1)NCC(=O)Nc1ccc(F)cc1. The number of hydrogen-bond donors (Lipinski definition) is 3. The van der Waals surface area contributed by atoms with Gasteiger partial charge in [-0.15, -0.1) is 0 Å². The molecule has 0 bridgehead atoms. The Morgan fingerprint density at radius 3 is 2.56 bits per heavy atom. The number of anilines is 1. The van der Waals surface area contributed by atoms with Crippen LogP contribution in [0.2, 0.25) is 0 Å². The number of rotatable bonds is 6. The van der Waals surface area contributed by atoms with E-state index in [0.29, 0.717) is 24.7 Å². The smallest absolute Gasteiger partial charge is 0.243 e. The Morgan fingerprint density at radius 1 is 1.12 bits per heavy atom. The highest BCUT2D eigenvalue weighted by Crippen LogP contribution is 2.07. The first kappa shape index (κ1) is 18.4. The number of halogens is 1. The van der Waals surface area contributed by atoms with Crippen molar-refractivity contribution in [3.63, 3.8) is 0 Å². The fraction of sp³-hybridized carbons (Fsp3) is 0.263. The third-order valence-electron chi connectivity index (χ3n) is 3.39. The van der Waals surface area contributed by atoms with E-state index >= 15 is 0 Å². The van der Waals surface area contributed by atoms with Crippen molar-refractivity contribution in [1.29, 1.82) is 0 Å². The maximum atomic E-state index is 12.9. The van der Waals surface area contributed by atoms with Crippen molar-refractivity contribution >= 4 is 17.6 Å². The molecule has 0 aliphatic heterocycles. The monoisotopic (exact) mass is 342 g/mol. The lowest BCUT2D eigenvalue weighted by atomic mass is 10.1. The Kier molecular flexibility index (Phi) is 6.95. The summed E-state index contributed by atoms with van der Waals surface area (Å²) in [5, 5.41) is 8.79. The number of aryl methyl sites for hydroxylation is 1. The Bertz CT molecular complexity index is 728. The Labute approximate surface area is 147 Å². The molecule has 0 unspecified atom stereocenters. The summed E-state index contributed by atoms with van der Waals surface area (Å²) < 4.78 is 12.9. The van der Waals surface area contributed by atoms with E-state index < -0.39 is 0 Å². The molecule has 1 amide bonds. The summed E-state index contributed by atoms with van der Waals surface area (Å²) in [5.74, 6) is -0.000123. The minimum atomic E-state index is -0.339. The van der Waals surface area contributed by atoms with Gasteiger partial charge in [-0.2, -0.15) is 0 Å². The highest BCUT2D eigenvalue weighted by molar-refractivity contribution is 5.94. The van der Waals surface area contributed by atoms with Gasteiger partial charge in [0.1, 0.15) is 5.82 Å². The lowest BCUT2D eigenvalue weighted by molar-refractivity contribution is -0.115. The van der Waals surface area contributed by atoms with Crippen LogP contribution in [0, 0.1) is 12.7 Å². The first-order valence-electron chi connectivity index (χ1n) is 8.20. The number of benzene rings is 2. The molecule has 0 saturated carbocycles. The van der Waals surface area contributed by atoms with Crippen molar-refractivity contribution < 1.29 is 9.18 Å². The van der Waals surface area contributed by atoms with Crippen molar-refractivity contribution in [1.82, 2.24) is 10.6 Å². The molecule has 0 aliphatic rings. The summed E-state index contributed by atoms with van der Waals surface area (Å²) in [6.45, 7) is 5.28. The fourth-order valence-electron chi connectivity index (χ4n) is 2.22. The van der Waals surface area contributed by atoms with Gasteiger partial charge in [-0.05, 0) is 43.7 Å². The highest BCUT2D eigenvalue weighted by Gasteiger charge is 2.04. The zero-order chi connectivity index (χ0) is 18.1. The molecule has 2 aromatic rings. The molecule has 0 spiro atoms. The number of nitrogens with zero attached hydrogens (tertiary/aromatic N) is 1. The maximum absolute atomic E-state index is 12.9. The topological polar surface area (TPSA) is 65.5 Å². The van der Waals surface area contributed by atoms with Gasteiger partial charge < -0.3 is 16.0 Å². The number of amides is 1. The molecule has 0 atom stereocenters. The molecule has 3 N–H and O–H groups in total. The average molecular weight is 342 g/mol. The molecule has 0 aliphatic carbocycles. The molecule has 2 rings (SSSR count). The molecule has 0 heterocycles. The van der Waals surface area contributed by atoms with E-state index in [0.717, 1.165) is 5.56 Å². The molecule has 0 aromatic heterocycles. The lowest BCUT2D eigenvalue weighted by Crippen LogP contribution is -2.41. The van der Waals surface area contributed by atoms with E-state index in [1.807, 2.05) is 32.0 Å². The van der Waals surface area contributed by atoms with Gasteiger partial charge in [0.15, 0.2) is 5.96 Å². The van der Waals surface area contributed by atoms with Gasteiger partial charge in [-0.25, -0.2) is 9.38 Å². The minimum absolute atomic E-state index is 0.0665. The standard InChI is InChI=1S/C19H23FN4O/c1-3-21-19(22-12-15-6-4-5-14(2)11-15)23-13-18(25)24-17-9-7-16(20)8-10-17/h4-11H,3,12-13H2,1-2H3,(H,24,25)(H2,21,22,23). The van der Waals surface area contributed by atoms with E-state index in [2.05, 4.69) is 27.0 Å². The molecule has 0 saturated heterocycles. The first-order chi connectivity index (χ1) is 12.1. The third kappa shape index (κ3) is 6.63. The van der Waals surface area contributed by atoms with Crippen LogP contribution in [0.25, 0.3) is 0 Å². The molecule has 0 radical (unpaired) electrons. The van der Waals surface area contributed by atoms with Gasteiger partial charge >= 0.3 is 0 Å². The first-order valence-corrected chi connectivity index (χ1v) is 8.20. The van der Waals surface area contributed by atoms with Crippen LogP contribution in [0.15, 0.2) is 53.5 Å². The molecule has 132 valence electrons. The van der Waals surface area contributed by atoms with Gasteiger partial charge in [0, 0.05) is 12.2 Å². The minimum Gasteiger partial charge on any atom is -0.357 e. The second kappa shape index (κ2) is 9.42. The number of hydrogen-bond acceptors (Lipinski definition) is 2. The predicted molar refractivity (Wildman–Crippen MR) is 99.0 cm³/mol. The Balaban J connectivity index is 1.88. The summed E-state index contributed by atoms with van der Waals surface area (Å²) >= 11 is 0. The van der Waals surface area contributed by atoms with Crippen LogP contribution in [0.5, 0.6) is 0 Å². The summed E-state index contributed by atoms with van der Waals surface area (Å²) in [6.07, 6.45) is 0. The Hall–Kier alpha value is -2.89. The normalized spacial score (nSPS) is 11.1. The largest absolute Gasteiger partial charge is 0.357 e. The second-order valence-corrected chi connectivity index (χ2v) is 5.59. The molecule has 6 heteroatoms. The average Bonchev–Trinajstić information content (AvgIpc) is 2.59. The van der Waals surface area contributed by atoms with Crippen molar-refractivity contribution in [2.45, 2.75) is 20.4 Å². The molecule has 0 fully saturated rings. The maximum Gasteiger partial charge on any atom is 0.243 e. The van der Waals surface area contributed by atoms with Gasteiger partial charge in [-0.1, -0.05) is 29.8 Å². The van der Waals surface area contributed by atoms with Crippen LogP contribution in [-0.2, 0) is 11.3 Å². The molecule has 25 heavy (non-hydrogen) atoms. The number of guanidine groups is 1. The number of nitrogens with one attached hydrogen (secondary N) is 3. The number of aliphatic imine (C=N–C) groups is 1. The predicted octanol–water partition coefficient (Wildman–Crippen LogP) is 2.83. The second-order valence-electron chi connectivity index (χ2n) is 5.59. The van der Waals surface area contributed by atoms with Gasteiger partial charge in [0.05, 0.1) is 13.1 Å². The van der Waals surface area contributed by atoms with Gasteiger partial charge in [0.25, 0.3) is 0 Å². The Morgan fingerprint density at radius 2 is 1.88 bits per heavy atom. The third-order valence-corrected chi connectivity index (χ3v) is 3.39. The molecule has 2 aromatic carbocycles. The summed E-state index contributed by atoms with van der Waals surface area (Å²) in [6, 6.07) is 13.8. The van der Waals surface area contributed by atoms with Crippen LogP contribution in [0.4, 0.5) is 10.1 Å². The lowest BCUT2D eigenvalue weighted by Gasteiger charge is -2.11. The van der Waals surface area contributed by atoms with Crippen LogP contribution in [0.1, 0.15) is 18.1 Å². The van der Waals surface area contributed by atoms with Gasteiger partial charge in [-0.3, -0.25) is 4.79 Å². The number of carbonyl (C=O) groups excluding carboxylic acids is 1. The quantitative estimate of drug-likeness (QED) is 0.559. The van der Waals surface area contributed by atoms with Crippen LogP contribution >= 0.6 is 0 Å². The van der Waals surface area contributed by atoms with E-state index in [9.17, 15) is 9.18 Å². The molecular weight excluding hydrogens is 319 g/mol. The summed E-state index contributed by atoms with van der Waals surface area (Å²) in [5.41, 5.74) is 2.84. The van der Waals surface area contributed by atoms with Crippen molar-refractivity contribution in [2.75, 3.05) is 18.4 Å². The highest BCUT2D eigenvalue weighted by atomic mass is 19.1. The van der Waals surface area contributed by atoms with Crippen molar-refractivity contribution in [3.8, 4) is 0 Å². The van der Waals surface area contributed by atoms with Crippen molar-refractivity contribution in [3.05, 3.63) is 65.5 Å². The molecule has 5 nitrogen and oxygen atoms in total.